The molecule has 0 radical (unpaired) electrons. The van der Waals surface area contributed by atoms with Crippen LogP contribution in [0.1, 0.15) is 113 Å². The molecular formula is C30H50O2. The maximum atomic E-state index is 11.5. The summed E-state index contributed by atoms with van der Waals surface area (Å²) in [5.41, 5.74) is 2.79. The number of fused-ring (bicyclic) bond motifs is 5. The molecule has 0 aromatic heterocycles. The molecule has 0 spiro atoms. The van der Waals surface area contributed by atoms with Crippen LogP contribution >= 0.6 is 0 Å². The molecule has 2 heteroatoms. The number of carbonyl (C=O) groups is 1. The van der Waals surface area contributed by atoms with Gasteiger partial charge in [0.2, 0.25) is 0 Å². The van der Waals surface area contributed by atoms with Crippen LogP contribution in [0.4, 0.5) is 0 Å². The molecule has 0 heterocycles. The summed E-state index contributed by atoms with van der Waals surface area (Å²) in [6.45, 7) is 16.6. The fourth-order valence-electron chi connectivity index (χ4n) is 8.85. The monoisotopic (exact) mass is 442 g/mol. The van der Waals surface area contributed by atoms with Crippen LogP contribution in [-0.4, -0.2) is 12.1 Å². The molecule has 3 saturated carbocycles. The largest absolute Gasteiger partial charge is 0.463 e. The van der Waals surface area contributed by atoms with Gasteiger partial charge < -0.3 is 4.74 Å². The van der Waals surface area contributed by atoms with Gasteiger partial charge in [-0.3, -0.25) is 4.79 Å². The first kappa shape index (κ1) is 24.3. The molecule has 2 nitrogen and oxygen atoms in total. The number of ether oxygens (including phenoxy) is 1. The van der Waals surface area contributed by atoms with Crippen LogP contribution in [0.3, 0.4) is 0 Å². The molecule has 32 heavy (non-hydrogen) atoms. The third kappa shape index (κ3) is 4.22. The zero-order chi connectivity index (χ0) is 23.3. The fraction of sp³-hybridized carbons (Fsp3) is 0.900. The quantitative estimate of drug-likeness (QED) is 0.306. The van der Waals surface area contributed by atoms with E-state index in [1.165, 1.54) is 51.4 Å². The van der Waals surface area contributed by atoms with E-state index in [-0.39, 0.29) is 12.1 Å². The molecule has 0 aliphatic heterocycles. The number of hydrogen-bond acceptors (Lipinski definition) is 2. The van der Waals surface area contributed by atoms with Gasteiger partial charge in [0.25, 0.3) is 0 Å². The third-order valence-electron chi connectivity index (χ3n) is 11.3. The number of hydrogen-bond donors (Lipinski definition) is 0. The van der Waals surface area contributed by atoms with Gasteiger partial charge in [0.1, 0.15) is 6.10 Å². The maximum absolute atomic E-state index is 11.5. The molecule has 0 amide bonds. The van der Waals surface area contributed by atoms with Gasteiger partial charge >= 0.3 is 5.97 Å². The van der Waals surface area contributed by atoms with Crippen LogP contribution in [-0.2, 0) is 9.53 Å². The van der Waals surface area contributed by atoms with Gasteiger partial charge in [0, 0.05) is 6.92 Å². The van der Waals surface area contributed by atoms with Crippen LogP contribution in [0, 0.1) is 52.3 Å². The van der Waals surface area contributed by atoms with Crippen molar-refractivity contribution in [1.29, 1.82) is 0 Å². The predicted molar refractivity (Wildman–Crippen MR) is 133 cm³/mol. The summed E-state index contributed by atoms with van der Waals surface area (Å²) in [4.78, 5) is 11.5. The fourth-order valence-corrected chi connectivity index (χ4v) is 8.85. The number of rotatable bonds is 6. The zero-order valence-electron chi connectivity index (χ0n) is 22.1. The van der Waals surface area contributed by atoms with E-state index in [1.807, 2.05) is 5.57 Å². The van der Waals surface area contributed by atoms with Gasteiger partial charge in [0.05, 0.1) is 0 Å². The Balaban J connectivity index is 1.47. The van der Waals surface area contributed by atoms with E-state index in [0.717, 1.165) is 48.3 Å². The Morgan fingerprint density at radius 2 is 1.69 bits per heavy atom. The molecule has 182 valence electrons. The summed E-state index contributed by atoms with van der Waals surface area (Å²) in [5.74, 6) is 5.58. The Kier molecular flexibility index (Phi) is 6.92. The van der Waals surface area contributed by atoms with Gasteiger partial charge in [-0.15, -0.1) is 0 Å². The van der Waals surface area contributed by atoms with Gasteiger partial charge in [-0.2, -0.15) is 0 Å². The molecule has 0 unspecified atom stereocenters. The lowest BCUT2D eigenvalue weighted by Crippen LogP contribution is -2.50. The Bertz CT molecular complexity index is 722. The van der Waals surface area contributed by atoms with E-state index >= 15 is 0 Å². The second kappa shape index (κ2) is 9.10. The summed E-state index contributed by atoms with van der Waals surface area (Å²) >= 11 is 0. The van der Waals surface area contributed by atoms with E-state index in [0.29, 0.717) is 16.7 Å². The molecule has 0 bridgehead atoms. The summed E-state index contributed by atoms with van der Waals surface area (Å²) in [7, 11) is 0. The van der Waals surface area contributed by atoms with Gasteiger partial charge in [0.15, 0.2) is 0 Å². The minimum absolute atomic E-state index is 0.104. The molecular weight excluding hydrogens is 392 g/mol. The van der Waals surface area contributed by atoms with Crippen LogP contribution < -0.4 is 0 Å². The molecule has 3 fully saturated rings. The van der Waals surface area contributed by atoms with Gasteiger partial charge in [-0.05, 0) is 104 Å². The molecule has 4 rings (SSSR count). The molecule has 9 atom stereocenters. The molecule has 0 aromatic rings. The van der Waals surface area contributed by atoms with Crippen molar-refractivity contribution >= 4 is 5.97 Å². The van der Waals surface area contributed by atoms with Crippen LogP contribution in [0.2, 0.25) is 0 Å². The molecule has 4 aliphatic carbocycles. The van der Waals surface area contributed by atoms with Gasteiger partial charge in [-0.1, -0.05) is 66.0 Å². The predicted octanol–water partition coefficient (Wildman–Crippen LogP) is 8.21. The van der Waals surface area contributed by atoms with Crippen molar-refractivity contribution in [3.63, 3.8) is 0 Å². The second-order valence-corrected chi connectivity index (χ2v) is 13.3. The second-order valence-electron chi connectivity index (χ2n) is 13.3. The highest BCUT2D eigenvalue weighted by atomic mass is 16.5. The van der Waals surface area contributed by atoms with Crippen LogP contribution in [0.25, 0.3) is 0 Å². The average molecular weight is 443 g/mol. The number of esters is 1. The van der Waals surface area contributed by atoms with Crippen molar-refractivity contribution < 1.29 is 9.53 Å². The maximum Gasteiger partial charge on any atom is 0.302 e. The third-order valence-corrected chi connectivity index (χ3v) is 11.3. The van der Waals surface area contributed by atoms with E-state index in [2.05, 4.69) is 47.6 Å². The average Bonchev–Trinajstić information content (AvgIpc) is 3.08. The summed E-state index contributed by atoms with van der Waals surface area (Å²) < 4.78 is 5.64. The standard InChI is InChI=1S/C30H50O2/c1-19(2)20(3)8-9-21(4)26-12-13-27-25-11-10-23-18-24(32-22(5)31)14-16-29(23,6)28(25)15-17-30(26,27)7/h11,19-21,23-24,26-28H,8-10,12-18H2,1-7H3/t20-,21+,23+,24+,26+,27-,28+,29+,30-/m0/s1. The Hall–Kier alpha value is -0.790. The summed E-state index contributed by atoms with van der Waals surface area (Å²) in [6, 6.07) is 0. The SMILES string of the molecule is CC(=O)O[C@@H]1CC[C@]2(C)[C@H](CC=C3[C@H]2CC[C@@]2(C)[C@@H]([C@H](C)CC[C@H](C)C(C)C)CC[C@@H]32)C1. The van der Waals surface area contributed by atoms with E-state index < -0.39 is 0 Å². The first-order valence-electron chi connectivity index (χ1n) is 13.9. The van der Waals surface area contributed by atoms with Crippen molar-refractivity contribution in [2.75, 3.05) is 0 Å². The van der Waals surface area contributed by atoms with Crippen molar-refractivity contribution in [3.8, 4) is 0 Å². The zero-order valence-corrected chi connectivity index (χ0v) is 22.1. The molecule has 0 saturated heterocycles. The molecule has 0 aromatic carbocycles. The first-order chi connectivity index (χ1) is 15.1. The summed E-state index contributed by atoms with van der Waals surface area (Å²) in [5, 5.41) is 0. The van der Waals surface area contributed by atoms with Crippen LogP contribution in [0.5, 0.6) is 0 Å². The first-order valence-corrected chi connectivity index (χ1v) is 13.9. The van der Waals surface area contributed by atoms with Crippen LogP contribution in [0.15, 0.2) is 11.6 Å². The number of allylic oxidation sites excluding steroid dienone is 2. The topological polar surface area (TPSA) is 26.3 Å². The Morgan fingerprint density at radius 1 is 1.00 bits per heavy atom. The summed E-state index contributed by atoms with van der Waals surface area (Å²) in [6.07, 6.45) is 15.9. The smallest absolute Gasteiger partial charge is 0.302 e. The van der Waals surface area contributed by atoms with Crippen molar-refractivity contribution in [1.82, 2.24) is 0 Å². The molecule has 0 N–H and O–H groups in total. The highest BCUT2D eigenvalue weighted by Crippen LogP contribution is 2.67. The Labute approximate surface area is 198 Å². The van der Waals surface area contributed by atoms with E-state index in [4.69, 9.17) is 4.74 Å². The number of carbonyl (C=O) groups excluding carboxylic acids is 1. The van der Waals surface area contributed by atoms with Gasteiger partial charge in [-0.25, -0.2) is 0 Å². The lowest BCUT2D eigenvalue weighted by molar-refractivity contribution is -0.152. The minimum atomic E-state index is -0.104. The van der Waals surface area contributed by atoms with E-state index in [9.17, 15) is 4.79 Å². The van der Waals surface area contributed by atoms with Crippen molar-refractivity contribution in [2.45, 2.75) is 119 Å². The lowest BCUT2D eigenvalue weighted by atomic mass is 9.47. The van der Waals surface area contributed by atoms with E-state index in [1.54, 1.807) is 6.92 Å². The molecule has 4 aliphatic rings. The Morgan fingerprint density at radius 3 is 2.38 bits per heavy atom. The van der Waals surface area contributed by atoms with Crippen molar-refractivity contribution in [3.05, 3.63) is 11.6 Å². The minimum Gasteiger partial charge on any atom is -0.463 e. The normalized spacial score (nSPS) is 43.0. The highest BCUT2D eigenvalue weighted by Gasteiger charge is 2.58. The lowest BCUT2D eigenvalue weighted by Gasteiger charge is -2.58. The van der Waals surface area contributed by atoms with Crippen molar-refractivity contribution in [2.24, 2.45) is 52.3 Å². The highest BCUT2D eigenvalue weighted by molar-refractivity contribution is 5.66.